The smallest absolute Gasteiger partial charge is 0.250 e. The summed E-state index contributed by atoms with van der Waals surface area (Å²) in [5, 5.41) is 1.14. The first-order valence-corrected chi connectivity index (χ1v) is 10.2. The molecule has 3 aromatic rings. The summed E-state index contributed by atoms with van der Waals surface area (Å²) in [5.41, 5.74) is 4.57. The van der Waals surface area contributed by atoms with Crippen LogP contribution in [0.3, 0.4) is 0 Å². The molecule has 0 saturated carbocycles. The van der Waals surface area contributed by atoms with Crippen molar-refractivity contribution >= 4 is 17.1 Å². The molecule has 1 aliphatic rings. The zero-order valence-corrected chi connectivity index (χ0v) is 17.2. The Morgan fingerprint density at radius 2 is 1.83 bits per heavy atom. The van der Waals surface area contributed by atoms with E-state index >= 15 is 0 Å². The number of alkyl halides is 2. The number of aromatic nitrogens is 2. The van der Waals surface area contributed by atoms with E-state index in [0.717, 1.165) is 28.7 Å². The largest absolute Gasteiger partial charge is 0.306 e. The van der Waals surface area contributed by atoms with Crippen molar-refractivity contribution in [3.63, 3.8) is 0 Å². The van der Waals surface area contributed by atoms with Gasteiger partial charge in [0.2, 0.25) is 0 Å². The van der Waals surface area contributed by atoms with E-state index in [1.54, 1.807) is 0 Å². The molecule has 0 aliphatic carbocycles. The molecule has 0 unspecified atom stereocenters. The van der Waals surface area contributed by atoms with Crippen molar-refractivity contribution in [2.45, 2.75) is 38.5 Å². The molecular weight excluding hydrogens is 368 g/mol. The molecule has 0 atom stereocenters. The molecule has 2 aromatic heterocycles. The first kappa shape index (κ1) is 21.2. The second-order valence-corrected chi connectivity index (χ2v) is 7.65. The number of aryl methyl sites for hydroxylation is 1. The van der Waals surface area contributed by atoms with Crippen LogP contribution in [-0.2, 0) is 6.42 Å². The normalized spacial score (nSPS) is 16.3. The number of piperidine rings is 1. The van der Waals surface area contributed by atoms with Crippen molar-refractivity contribution in [3.05, 3.63) is 66.5 Å². The molecule has 4 rings (SSSR count). The lowest BCUT2D eigenvalue weighted by Crippen LogP contribution is -2.36. The third kappa shape index (κ3) is 5.51. The van der Waals surface area contributed by atoms with Gasteiger partial charge in [0, 0.05) is 49.4 Å². The lowest BCUT2D eigenvalue weighted by atomic mass is 10.1. The molecule has 5 heteroatoms. The van der Waals surface area contributed by atoms with E-state index in [1.807, 2.05) is 24.2 Å². The van der Waals surface area contributed by atoms with E-state index < -0.39 is 5.92 Å². The van der Waals surface area contributed by atoms with Gasteiger partial charge in [-0.1, -0.05) is 38.1 Å². The number of hydrogen-bond acceptors (Lipinski definition) is 2. The second-order valence-electron chi connectivity index (χ2n) is 7.65. The van der Waals surface area contributed by atoms with Crippen LogP contribution in [0.1, 0.15) is 37.3 Å². The molecular formula is C24H29F2N3. The summed E-state index contributed by atoms with van der Waals surface area (Å²) in [5.74, 6) is -2.38. The van der Waals surface area contributed by atoms with Gasteiger partial charge in [0.05, 0.1) is 0 Å². The number of benzene rings is 1. The molecule has 0 radical (unpaired) electrons. The van der Waals surface area contributed by atoms with E-state index in [2.05, 4.69) is 65.6 Å². The molecule has 3 nitrogen and oxygen atoms in total. The summed E-state index contributed by atoms with van der Waals surface area (Å²) >= 11 is 0. The van der Waals surface area contributed by atoms with Crippen LogP contribution in [0.5, 0.6) is 0 Å². The van der Waals surface area contributed by atoms with Crippen molar-refractivity contribution in [1.29, 1.82) is 0 Å². The predicted octanol–water partition coefficient (Wildman–Crippen LogP) is 5.97. The Hall–Kier alpha value is -2.53. The quantitative estimate of drug-likeness (QED) is 0.541. The summed E-state index contributed by atoms with van der Waals surface area (Å²) in [6.45, 7) is 7.06. The molecule has 0 bridgehead atoms. The van der Waals surface area contributed by atoms with Crippen molar-refractivity contribution in [1.82, 2.24) is 14.5 Å². The maximum atomic E-state index is 12.4. The van der Waals surface area contributed by atoms with Crippen LogP contribution in [0.2, 0.25) is 0 Å². The van der Waals surface area contributed by atoms with Gasteiger partial charge in [-0.3, -0.25) is 0 Å². The number of nitrogens with zero attached hydrogens (tertiary/aromatic N) is 3. The highest BCUT2D eigenvalue weighted by Gasteiger charge is 2.32. The van der Waals surface area contributed by atoms with E-state index in [1.165, 1.54) is 12.0 Å². The average Bonchev–Trinajstić information content (AvgIpc) is 3.15. The Morgan fingerprint density at radius 1 is 1.14 bits per heavy atom. The van der Waals surface area contributed by atoms with Crippen LogP contribution in [0, 0.1) is 0 Å². The summed E-state index contributed by atoms with van der Waals surface area (Å²) < 4.78 is 26.8. The molecule has 1 aliphatic heterocycles. The lowest BCUT2D eigenvalue weighted by Gasteiger charge is -2.28. The highest BCUT2D eigenvalue weighted by atomic mass is 19.3. The van der Waals surface area contributed by atoms with Crippen LogP contribution in [0.15, 0.2) is 55.4 Å². The highest BCUT2D eigenvalue weighted by Crippen LogP contribution is 2.26. The Morgan fingerprint density at radius 3 is 2.41 bits per heavy atom. The minimum Gasteiger partial charge on any atom is -0.306 e. The minimum absolute atomic E-state index is 0.0312. The molecule has 0 amide bonds. The van der Waals surface area contributed by atoms with Crippen molar-refractivity contribution in [2.75, 3.05) is 20.1 Å². The Labute approximate surface area is 171 Å². The third-order valence-corrected chi connectivity index (χ3v) is 5.26. The maximum absolute atomic E-state index is 12.4. The van der Waals surface area contributed by atoms with Crippen LogP contribution in [-0.4, -0.2) is 40.5 Å². The van der Waals surface area contributed by atoms with Crippen molar-refractivity contribution < 1.29 is 8.78 Å². The number of pyridine rings is 1. The van der Waals surface area contributed by atoms with Crippen LogP contribution < -0.4 is 0 Å². The number of hydrogen-bond donors (Lipinski definition) is 0. The fourth-order valence-electron chi connectivity index (χ4n) is 3.42. The Bertz CT molecular complexity index is 934. The topological polar surface area (TPSA) is 21.1 Å². The van der Waals surface area contributed by atoms with Gasteiger partial charge in [0.25, 0.3) is 5.92 Å². The number of likely N-dealkylation sites (tertiary alicyclic amines) is 1. The molecule has 0 N–H and O–H groups in total. The number of rotatable bonds is 4. The van der Waals surface area contributed by atoms with Gasteiger partial charge < -0.3 is 9.47 Å². The second kappa shape index (κ2) is 9.31. The van der Waals surface area contributed by atoms with E-state index in [-0.39, 0.29) is 12.8 Å². The lowest BCUT2D eigenvalue weighted by molar-refractivity contribution is -0.0504. The zero-order valence-electron chi connectivity index (χ0n) is 17.2. The van der Waals surface area contributed by atoms with E-state index in [9.17, 15) is 8.78 Å². The molecule has 1 saturated heterocycles. The van der Waals surface area contributed by atoms with Gasteiger partial charge >= 0.3 is 0 Å². The minimum atomic E-state index is -2.38. The predicted molar refractivity (Wildman–Crippen MR) is 117 cm³/mol. The van der Waals surface area contributed by atoms with E-state index in [0.29, 0.717) is 13.1 Å². The van der Waals surface area contributed by atoms with Gasteiger partial charge in [-0.2, -0.15) is 0 Å². The van der Waals surface area contributed by atoms with Gasteiger partial charge in [-0.25, -0.2) is 13.8 Å². The molecule has 154 valence electrons. The van der Waals surface area contributed by atoms with Crippen LogP contribution in [0.25, 0.3) is 22.8 Å². The Balaban J connectivity index is 0.000000224. The first-order chi connectivity index (χ1) is 13.9. The molecule has 1 aromatic carbocycles. The SMILES string of the molecule is C=Cc1cnc2c(ccn2-c2ccc(CCC)cc2)c1.CN1CCC(F)(F)CC1. The standard InChI is InChI=1S/C18H18N2.C6H11F2N/c1-3-5-15-6-8-17(9-7-15)20-11-10-16-12-14(4-2)13-19-18(16)20;1-9-4-2-6(7,8)3-5-9/h4,6-13H,2-3,5H2,1H3;2-5H2,1H3. The molecule has 29 heavy (non-hydrogen) atoms. The van der Waals surface area contributed by atoms with Crippen LogP contribution >= 0.6 is 0 Å². The fourth-order valence-corrected chi connectivity index (χ4v) is 3.42. The number of fused-ring (bicyclic) bond motifs is 1. The summed E-state index contributed by atoms with van der Waals surface area (Å²) in [7, 11) is 1.87. The monoisotopic (exact) mass is 397 g/mol. The highest BCUT2D eigenvalue weighted by molar-refractivity contribution is 5.80. The fraction of sp³-hybridized carbons (Fsp3) is 0.375. The average molecular weight is 398 g/mol. The van der Waals surface area contributed by atoms with Crippen molar-refractivity contribution in [2.24, 2.45) is 0 Å². The van der Waals surface area contributed by atoms with Gasteiger partial charge in [0.15, 0.2) is 0 Å². The maximum Gasteiger partial charge on any atom is 0.250 e. The summed E-state index contributed by atoms with van der Waals surface area (Å²) in [6, 6.07) is 12.9. The molecule has 3 heterocycles. The molecule has 1 fully saturated rings. The summed E-state index contributed by atoms with van der Waals surface area (Å²) in [4.78, 5) is 6.47. The molecule has 0 spiro atoms. The van der Waals surface area contributed by atoms with Gasteiger partial charge in [-0.05, 0) is 48.9 Å². The van der Waals surface area contributed by atoms with Crippen LogP contribution in [0.4, 0.5) is 8.78 Å². The number of halogens is 2. The van der Waals surface area contributed by atoms with Crippen molar-refractivity contribution in [3.8, 4) is 5.69 Å². The first-order valence-electron chi connectivity index (χ1n) is 10.2. The summed E-state index contributed by atoms with van der Waals surface area (Å²) in [6.07, 6.45) is 8.12. The van der Waals surface area contributed by atoms with Gasteiger partial charge in [0.1, 0.15) is 5.65 Å². The third-order valence-electron chi connectivity index (χ3n) is 5.26. The zero-order chi connectivity index (χ0) is 20.9. The van der Waals surface area contributed by atoms with Gasteiger partial charge in [-0.15, -0.1) is 0 Å². The van der Waals surface area contributed by atoms with E-state index in [4.69, 9.17) is 0 Å². The Kier molecular flexibility index (Phi) is 6.80.